The Kier molecular flexibility index (Phi) is 3.17. The molecule has 1 saturated carbocycles. The molecule has 0 unspecified atom stereocenters. The molecule has 0 spiro atoms. The summed E-state index contributed by atoms with van der Waals surface area (Å²) < 4.78 is 0. The van der Waals surface area contributed by atoms with Gasteiger partial charge in [0.2, 0.25) is 0 Å². The van der Waals surface area contributed by atoms with Crippen molar-refractivity contribution in [1.29, 1.82) is 0 Å². The zero-order valence-electron chi connectivity index (χ0n) is 7.03. The van der Waals surface area contributed by atoms with Crippen LogP contribution in [-0.4, -0.2) is 13.0 Å². The molecule has 0 heterocycles. The molecule has 0 aromatic carbocycles. The summed E-state index contributed by atoms with van der Waals surface area (Å²) in [5.41, 5.74) is 1.37. The van der Waals surface area contributed by atoms with Crippen molar-refractivity contribution in [2.75, 3.05) is 0 Å². The van der Waals surface area contributed by atoms with Crippen molar-refractivity contribution in [3.8, 4) is 0 Å². The second-order valence-electron chi connectivity index (χ2n) is 3.67. The fourth-order valence-electron chi connectivity index (χ4n) is 1.88. The SMILES string of the molecule is B=C(C)CC1CCCCC1. The topological polar surface area (TPSA) is 0 Å². The first-order valence-electron chi connectivity index (χ1n) is 4.43. The van der Waals surface area contributed by atoms with Gasteiger partial charge in [-0.05, 0) is 0 Å². The number of hydrogen-bond acceptors (Lipinski definition) is 0. The van der Waals surface area contributed by atoms with Gasteiger partial charge in [-0.25, -0.2) is 0 Å². The minimum absolute atomic E-state index is 0.978. The Morgan fingerprint density at radius 3 is 2.40 bits per heavy atom. The molecule has 0 nitrogen and oxygen atoms in total. The Morgan fingerprint density at radius 2 is 1.90 bits per heavy atom. The van der Waals surface area contributed by atoms with Crippen LogP contribution in [0.25, 0.3) is 0 Å². The van der Waals surface area contributed by atoms with Crippen molar-refractivity contribution >= 4 is 13.0 Å². The van der Waals surface area contributed by atoms with Crippen LogP contribution in [0.2, 0.25) is 0 Å². The Balaban J connectivity index is 2.19. The minimum atomic E-state index is 0.978. The molecule has 1 heteroatoms. The zero-order valence-corrected chi connectivity index (χ0v) is 7.03. The first kappa shape index (κ1) is 8.04. The average molecular weight is 136 g/mol. The molecule has 0 amide bonds. The van der Waals surface area contributed by atoms with E-state index in [4.69, 9.17) is 0 Å². The molecule has 1 aliphatic rings. The first-order chi connectivity index (χ1) is 4.79. The monoisotopic (exact) mass is 136 g/mol. The summed E-state index contributed by atoms with van der Waals surface area (Å²) in [6.07, 6.45) is 8.56. The van der Waals surface area contributed by atoms with Gasteiger partial charge in [-0.3, -0.25) is 0 Å². The summed E-state index contributed by atoms with van der Waals surface area (Å²) in [5, 5.41) is 0. The molecule has 0 N–H and O–H groups in total. The molecule has 1 rings (SSSR count). The summed E-state index contributed by atoms with van der Waals surface area (Å²) >= 11 is 0. The van der Waals surface area contributed by atoms with Gasteiger partial charge in [0, 0.05) is 0 Å². The van der Waals surface area contributed by atoms with Crippen molar-refractivity contribution in [3.63, 3.8) is 0 Å². The van der Waals surface area contributed by atoms with Gasteiger partial charge < -0.3 is 0 Å². The summed E-state index contributed by atoms with van der Waals surface area (Å²) in [7, 11) is 3.95. The molecular formula is C9H17B. The molecule has 0 aromatic rings. The Hall–Kier alpha value is -0.0651. The average Bonchev–Trinajstić information content (AvgIpc) is 1.88. The third kappa shape index (κ3) is 2.68. The van der Waals surface area contributed by atoms with Gasteiger partial charge in [0.05, 0.1) is 0 Å². The van der Waals surface area contributed by atoms with Crippen LogP contribution >= 0.6 is 0 Å². The van der Waals surface area contributed by atoms with Crippen molar-refractivity contribution in [3.05, 3.63) is 0 Å². The predicted molar refractivity (Wildman–Crippen MR) is 49.0 cm³/mol. The number of rotatable bonds is 2. The zero-order chi connectivity index (χ0) is 7.40. The van der Waals surface area contributed by atoms with Gasteiger partial charge in [-0.1, -0.05) is 0 Å². The Morgan fingerprint density at radius 1 is 1.30 bits per heavy atom. The fraction of sp³-hybridized carbons (Fsp3) is 0.889. The second-order valence-corrected chi connectivity index (χ2v) is 3.67. The van der Waals surface area contributed by atoms with E-state index >= 15 is 0 Å². The summed E-state index contributed by atoms with van der Waals surface area (Å²) in [6.45, 7) is 2.15. The van der Waals surface area contributed by atoms with Gasteiger partial charge in [0.25, 0.3) is 0 Å². The predicted octanol–water partition coefficient (Wildman–Crippen LogP) is 2.05. The van der Waals surface area contributed by atoms with E-state index in [9.17, 15) is 0 Å². The molecule has 10 heavy (non-hydrogen) atoms. The summed E-state index contributed by atoms with van der Waals surface area (Å²) in [4.78, 5) is 0. The van der Waals surface area contributed by atoms with E-state index in [0.717, 1.165) is 5.92 Å². The van der Waals surface area contributed by atoms with Crippen LogP contribution in [0.5, 0.6) is 0 Å². The molecule has 0 bridgehead atoms. The molecule has 0 radical (unpaired) electrons. The van der Waals surface area contributed by atoms with E-state index in [1.165, 1.54) is 44.0 Å². The standard InChI is InChI=1S/C9H17B/c1-8(10)7-9-5-3-2-4-6-9/h9-10H,2-7H2,1H3. The number of hydrogen-bond donors (Lipinski definition) is 0. The quantitative estimate of drug-likeness (QED) is 0.509. The van der Waals surface area contributed by atoms with E-state index < -0.39 is 0 Å². The Labute approximate surface area is 65.1 Å². The van der Waals surface area contributed by atoms with Gasteiger partial charge in [-0.2, -0.15) is 0 Å². The molecule has 0 atom stereocenters. The van der Waals surface area contributed by atoms with Crippen LogP contribution in [-0.2, 0) is 0 Å². The first-order valence-corrected chi connectivity index (χ1v) is 4.43. The van der Waals surface area contributed by atoms with Crippen LogP contribution in [0, 0.1) is 5.92 Å². The van der Waals surface area contributed by atoms with E-state index in [1.807, 2.05) is 0 Å². The maximum absolute atomic E-state index is 3.95. The molecule has 0 saturated heterocycles. The Bertz CT molecular complexity index is 112. The molecular weight excluding hydrogens is 119 g/mol. The van der Waals surface area contributed by atoms with Gasteiger partial charge in [0.1, 0.15) is 0 Å². The molecule has 0 aromatic heterocycles. The fourth-order valence-corrected chi connectivity index (χ4v) is 1.88. The third-order valence-corrected chi connectivity index (χ3v) is 2.36. The van der Waals surface area contributed by atoms with Crippen molar-refractivity contribution in [2.24, 2.45) is 5.92 Å². The second kappa shape index (κ2) is 3.95. The van der Waals surface area contributed by atoms with Crippen molar-refractivity contribution < 1.29 is 0 Å². The van der Waals surface area contributed by atoms with E-state index in [1.54, 1.807) is 0 Å². The van der Waals surface area contributed by atoms with Gasteiger partial charge >= 0.3 is 64.3 Å². The van der Waals surface area contributed by atoms with Crippen LogP contribution in [0.1, 0.15) is 45.4 Å². The third-order valence-electron chi connectivity index (χ3n) is 2.36. The maximum atomic E-state index is 3.95. The van der Waals surface area contributed by atoms with Crippen LogP contribution in [0.15, 0.2) is 0 Å². The van der Waals surface area contributed by atoms with Gasteiger partial charge in [-0.15, -0.1) is 0 Å². The summed E-state index contributed by atoms with van der Waals surface area (Å²) in [5.74, 6) is 0.978. The molecule has 1 fully saturated rings. The van der Waals surface area contributed by atoms with E-state index in [0.29, 0.717) is 0 Å². The van der Waals surface area contributed by atoms with Crippen LogP contribution in [0.4, 0.5) is 0 Å². The van der Waals surface area contributed by atoms with E-state index in [2.05, 4.69) is 14.4 Å². The van der Waals surface area contributed by atoms with Crippen LogP contribution in [0.3, 0.4) is 0 Å². The van der Waals surface area contributed by atoms with Gasteiger partial charge in [0.15, 0.2) is 0 Å². The van der Waals surface area contributed by atoms with Crippen LogP contribution < -0.4 is 0 Å². The van der Waals surface area contributed by atoms with Crippen molar-refractivity contribution in [1.82, 2.24) is 0 Å². The molecule has 0 aliphatic heterocycles. The summed E-state index contributed by atoms with van der Waals surface area (Å²) in [6, 6.07) is 0. The normalized spacial score (nSPS) is 20.8. The molecule has 1 aliphatic carbocycles. The van der Waals surface area contributed by atoms with E-state index in [-0.39, 0.29) is 0 Å². The molecule has 56 valence electrons. The van der Waals surface area contributed by atoms with Crippen molar-refractivity contribution in [2.45, 2.75) is 45.4 Å².